The van der Waals surface area contributed by atoms with Crippen molar-refractivity contribution in [3.05, 3.63) is 24.0 Å². The SMILES string of the molecule is CC(CC(=O)N1CCOc2cc(F)ccc21)C1CCNCC1. The van der Waals surface area contributed by atoms with Crippen LogP contribution in [-0.2, 0) is 4.79 Å². The first-order valence-corrected chi connectivity index (χ1v) is 8.08. The number of rotatable bonds is 3. The third-order valence-corrected chi connectivity index (χ3v) is 4.77. The van der Waals surface area contributed by atoms with Gasteiger partial charge in [0.25, 0.3) is 0 Å². The Bertz CT molecular complexity index is 543. The van der Waals surface area contributed by atoms with Crippen LogP contribution in [0.15, 0.2) is 18.2 Å². The number of ether oxygens (including phenoxy) is 1. The number of nitrogens with zero attached hydrogens (tertiary/aromatic N) is 1. The molecule has 2 aliphatic heterocycles. The van der Waals surface area contributed by atoms with E-state index in [9.17, 15) is 9.18 Å². The van der Waals surface area contributed by atoms with Gasteiger partial charge in [-0.2, -0.15) is 0 Å². The number of amides is 1. The topological polar surface area (TPSA) is 41.6 Å². The van der Waals surface area contributed by atoms with E-state index < -0.39 is 0 Å². The molecule has 1 N–H and O–H groups in total. The summed E-state index contributed by atoms with van der Waals surface area (Å²) in [5, 5.41) is 3.36. The van der Waals surface area contributed by atoms with E-state index in [-0.39, 0.29) is 11.7 Å². The van der Waals surface area contributed by atoms with E-state index in [2.05, 4.69) is 12.2 Å². The van der Waals surface area contributed by atoms with Crippen LogP contribution in [0.4, 0.5) is 10.1 Å². The van der Waals surface area contributed by atoms with Crippen LogP contribution in [0.5, 0.6) is 5.75 Å². The van der Waals surface area contributed by atoms with Crippen molar-refractivity contribution in [1.29, 1.82) is 0 Å². The van der Waals surface area contributed by atoms with Gasteiger partial charge in [-0.1, -0.05) is 6.92 Å². The minimum atomic E-state index is -0.337. The molecule has 0 saturated carbocycles. The molecule has 1 aromatic carbocycles. The van der Waals surface area contributed by atoms with Gasteiger partial charge in [0, 0.05) is 12.5 Å². The summed E-state index contributed by atoms with van der Waals surface area (Å²) in [6.07, 6.45) is 2.82. The predicted octanol–water partition coefficient (Wildman–Crippen LogP) is 2.58. The molecule has 0 aromatic heterocycles. The van der Waals surface area contributed by atoms with Gasteiger partial charge >= 0.3 is 0 Å². The lowest BCUT2D eigenvalue weighted by Crippen LogP contribution is -2.40. The molecule has 5 heteroatoms. The third kappa shape index (κ3) is 3.24. The fraction of sp³-hybridized carbons (Fsp3) is 0.588. The Hall–Kier alpha value is -1.62. The van der Waals surface area contributed by atoms with Crippen molar-refractivity contribution in [1.82, 2.24) is 5.32 Å². The number of benzene rings is 1. The Labute approximate surface area is 130 Å². The van der Waals surface area contributed by atoms with E-state index in [4.69, 9.17) is 4.74 Å². The fourth-order valence-corrected chi connectivity index (χ4v) is 3.42. The number of anilines is 1. The largest absolute Gasteiger partial charge is 0.489 e. The highest BCUT2D eigenvalue weighted by atomic mass is 19.1. The van der Waals surface area contributed by atoms with Gasteiger partial charge in [0.1, 0.15) is 18.2 Å². The molecule has 0 radical (unpaired) electrons. The molecule has 1 atom stereocenters. The molecule has 120 valence electrons. The second kappa shape index (κ2) is 6.65. The van der Waals surface area contributed by atoms with Crippen LogP contribution >= 0.6 is 0 Å². The van der Waals surface area contributed by atoms with Gasteiger partial charge in [0.15, 0.2) is 0 Å². The van der Waals surface area contributed by atoms with Gasteiger partial charge in [0.2, 0.25) is 5.91 Å². The van der Waals surface area contributed by atoms with Gasteiger partial charge in [-0.05, 0) is 49.9 Å². The summed E-state index contributed by atoms with van der Waals surface area (Å²) in [6, 6.07) is 4.37. The number of hydrogen-bond acceptors (Lipinski definition) is 3. The molecule has 2 aliphatic rings. The van der Waals surface area contributed by atoms with Crippen LogP contribution in [0, 0.1) is 17.7 Å². The van der Waals surface area contributed by atoms with Crippen LogP contribution in [0.3, 0.4) is 0 Å². The third-order valence-electron chi connectivity index (χ3n) is 4.77. The first kappa shape index (κ1) is 15.3. The summed E-state index contributed by atoms with van der Waals surface area (Å²) in [5.41, 5.74) is 0.690. The van der Waals surface area contributed by atoms with Crippen molar-refractivity contribution in [2.75, 3.05) is 31.1 Å². The smallest absolute Gasteiger partial charge is 0.227 e. The molecule has 1 aromatic rings. The normalized spacial score (nSPS) is 20.2. The number of halogens is 1. The van der Waals surface area contributed by atoms with Crippen LogP contribution in [0.25, 0.3) is 0 Å². The molecule has 1 unspecified atom stereocenters. The molecule has 3 rings (SSSR count). The van der Waals surface area contributed by atoms with Crippen molar-refractivity contribution in [3.63, 3.8) is 0 Å². The van der Waals surface area contributed by atoms with Crippen molar-refractivity contribution < 1.29 is 13.9 Å². The van der Waals surface area contributed by atoms with Crippen molar-refractivity contribution >= 4 is 11.6 Å². The molecule has 0 spiro atoms. The van der Waals surface area contributed by atoms with Crippen LogP contribution in [-0.4, -0.2) is 32.1 Å². The van der Waals surface area contributed by atoms with Gasteiger partial charge in [0.05, 0.1) is 12.2 Å². The minimum absolute atomic E-state index is 0.113. The lowest BCUT2D eigenvalue weighted by Gasteiger charge is -2.32. The Morgan fingerprint density at radius 3 is 3.00 bits per heavy atom. The fourth-order valence-electron chi connectivity index (χ4n) is 3.42. The molecular weight excluding hydrogens is 283 g/mol. The minimum Gasteiger partial charge on any atom is -0.489 e. The quantitative estimate of drug-likeness (QED) is 0.933. The van der Waals surface area contributed by atoms with Gasteiger partial charge in [-0.25, -0.2) is 4.39 Å². The van der Waals surface area contributed by atoms with Crippen molar-refractivity contribution in [2.45, 2.75) is 26.2 Å². The van der Waals surface area contributed by atoms with Gasteiger partial charge in [-0.15, -0.1) is 0 Å². The lowest BCUT2D eigenvalue weighted by atomic mass is 9.84. The van der Waals surface area contributed by atoms with E-state index in [1.54, 1.807) is 11.0 Å². The van der Waals surface area contributed by atoms with Gasteiger partial charge < -0.3 is 15.0 Å². The number of piperidine rings is 1. The first-order chi connectivity index (χ1) is 10.6. The number of fused-ring (bicyclic) bond motifs is 1. The second-order valence-corrected chi connectivity index (χ2v) is 6.27. The number of hydrogen-bond donors (Lipinski definition) is 1. The molecule has 4 nitrogen and oxygen atoms in total. The number of nitrogens with one attached hydrogen (secondary N) is 1. The number of carbonyl (C=O) groups excluding carboxylic acids is 1. The summed E-state index contributed by atoms with van der Waals surface area (Å²) < 4.78 is 18.8. The summed E-state index contributed by atoms with van der Waals surface area (Å²) in [5.74, 6) is 1.23. The van der Waals surface area contributed by atoms with E-state index in [1.165, 1.54) is 12.1 Å². The standard InChI is InChI=1S/C17H23FN2O2/c1-12(13-4-6-19-7-5-13)10-17(21)20-8-9-22-16-11-14(18)2-3-15(16)20/h2-3,11-13,19H,4-10H2,1H3. The highest BCUT2D eigenvalue weighted by Crippen LogP contribution is 2.33. The Kier molecular flexibility index (Phi) is 4.62. The van der Waals surface area contributed by atoms with E-state index >= 15 is 0 Å². The summed E-state index contributed by atoms with van der Waals surface area (Å²) in [4.78, 5) is 14.4. The lowest BCUT2D eigenvalue weighted by molar-refractivity contribution is -0.120. The highest BCUT2D eigenvalue weighted by Gasteiger charge is 2.28. The average Bonchev–Trinajstić information content (AvgIpc) is 2.54. The van der Waals surface area contributed by atoms with Gasteiger partial charge in [-0.3, -0.25) is 4.79 Å². The second-order valence-electron chi connectivity index (χ2n) is 6.27. The maximum absolute atomic E-state index is 13.3. The molecule has 1 saturated heterocycles. The van der Waals surface area contributed by atoms with Crippen LogP contribution < -0.4 is 15.0 Å². The maximum Gasteiger partial charge on any atom is 0.227 e. The maximum atomic E-state index is 13.3. The average molecular weight is 306 g/mol. The van der Waals surface area contributed by atoms with Crippen molar-refractivity contribution in [3.8, 4) is 5.75 Å². The molecule has 0 bridgehead atoms. The first-order valence-electron chi connectivity index (χ1n) is 8.08. The van der Waals surface area contributed by atoms with Crippen LogP contribution in [0.2, 0.25) is 0 Å². The zero-order chi connectivity index (χ0) is 15.5. The molecule has 0 aliphatic carbocycles. The predicted molar refractivity (Wildman–Crippen MR) is 83.6 cm³/mol. The Morgan fingerprint density at radius 2 is 2.23 bits per heavy atom. The van der Waals surface area contributed by atoms with E-state index in [0.29, 0.717) is 42.8 Å². The number of carbonyl (C=O) groups is 1. The molecule has 2 heterocycles. The molecule has 22 heavy (non-hydrogen) atoms. The van der Waals surface area contributed by atoms with Crippen LogP contribution in [0.1, 0.15) is 26.2 Å². The summed E-state index contributed by atoms with van der Waals surface area (Å²) >= 11 is 0. The molecular formula is C17H23FN2O2. The molecule has 1 fully saturated rings. The highest BCUT2D eigenvalue weighted by molar-refractivity contribution is 5.95. The Balaban J connectivity index is 1.68. The van der Waals surface area contributed by atoms with Crippen molar-refractivity contribution in [2.24, 2.45) is 11.8 Å². The zero-order valence-corrected chi connectivity index (χ0v) is 13.0. The van der Waals surface area contributed by atoms with E-state index in [1.807, 2.05) is 0 Å². The van der Waals surface area contributed by atoms with E-state index in [0.717, 1.165) is 25.9 Å². The molecule has 1 amide bonds. The zero-order valence-electron chi connectivity index (χ0n) is 13.0. The Morgan fingerprint density at radius 1 is 1.45 bits per heavy atom. The summed E-state index contributed by atoms with van der Waals surface area (Å²) in [6.45, 7) is 5.21. The monoisotopic (exact) mass is 306 g/mol. The summed E-state index contributed by atoms with van der Waals surface area (Å²) in [7, 11) is 0.